The first-order valence-electron chi connectivity index (χ1n) is 6.08. The van der Waals surface area contributed by atoms with Gasteiger partial charge < -0.3 is 11.1 Å². The van der Waals surface area contributed by atoms with Gasteiger partial charge in [-0.25, -0.2) is 4.39 Å². The number of carbonyl (C=O) groups excluding carboxylic acids is 1. The molecule has 2 rings (SSSR count). The topological polar surface area (TPSA) is 55.1 Å². The molecule has 0 unspecified atom stereocenters. The van der Waals surface area contributed by atoms with E-state index in [-0.39, 0.29) is 23.6 Å². The van der Waals surface area contributed by atoms with Gasteiger partial charge in [-0.15, -0.1) is 0 Å². The lowest BCUT2D eigenvalue weighted by molar-refractivity contribution is 0.0921. The molecule has 18 heavy (non-hydrogen) atoms. The lowest BCUT2D eigenvalue weighted by atomic mass is 9.91. The van der Waals surface area contributed by atoms with E-state index in [1.54, 1.807) is 12.1 Å². The summed E-state index contributed by atoms with van der Waals surface area (Å²) in [6, 6.07) is 5.06. The number of rotatable bonds is 2. The minimum Gasteiger partial charge on any atom is -0.349 e. The number of benzene rings is 1. The van der Waals surface area contributed by atoms with E-state index in [0.29, 0.717) is 4.47 Å². The highest BCUT2D eigenvalue weighted by molar-refractivity contribution is 9.10. The maximum atomic E-state index is 13.7. The molecule has 1 saturated carbocycles. The van der Waals surface area contributed by atoms with Gasteiger partial charge in [0, 0.05) is 12.1 Å². The van der Waals surface area contributed by atoms with Crippen LogP contribution < -0.4 is 11.1 Å². The molecule has 1 aliphatic rings. The van der Waals surface area contributed by atoms with Gasteiger partial charge in [-0.3, -0.25) is 4.79 Å². The van der Waals surface area contributed by atoms with Crippen molar-refractivity contribution in [3.8, 4) is 0 Å². The van der Waals surface area contributed by atoms with Crippen molar-refractivity contribution in [2.24, 2.45) is 5.73 Å². The first-order chi connectivity index (χ1) is 8.58. The SMILES string of the molecule is NC1CCC(NC(=O)c2cccc(Br)c2F)CC1. The van der Waals surface area contributed by atoms with Crippen molar-refractivity contribution in [3.63, 3.8) is 0 Å². The molecule has 0 heterocycles. The molecule has 0 atom stereocenters. The molecule has 1 aromatic rings. The van der Waals surface area contributed by atoms with Crippen molar-refractivity contribution in [1.82, 2.24) is 5.32 Å². The Hall–Kier alpha value is -0.940. The summed E-state index contributed by atoms with van der Waals surface area (Å²) in [4.78, 5) is 12.0. The number of halogens is 2. The van der Waals surface area contributed by atoms with Crippen LogP contribution in [0, 0.1) is 5.82 Å². The molecule has 1 fully saturated rings. The molecule has 3 N–H and O–H groups in total. The fraction of sp³-hybridized carbons (Fsp3) is 0.462. The molecule has 5 heteroatoms. The predicted octanol–water partition coefficient (Wildman–Crippen LogP) is 2.59. The largest absolute Gasteiger partial charge is 0.349 e. The van der Waals surface area contributed by atoms with Gasteiger partial charge in [0.05, 0.1) is 10.0 Å². The Kier molecular flexibility index (Phi) is 4.35. The molecule has 3 nitrogen and oxygen atoms in total. The first kappa shape index (κ1) is 13.5. The molecule has 0 aromatic heterocycles. The smallest absolute Gasteiger partial charge is 0.254 e. The van der Waals surface area contributed by atoms with Gasteiger partial charge in [0.25, 0.3) is 5.91 Å². The molecular formula is C13H16BrFN2O. The monoisotopic (exact) mass is 314 g/mol. The van der Waals surface area contributed by atoms with Gasteiger partial charge in [-0.05, 0) is 53.7 Å². The van der Waals surface area contributed by atoms with Crippen LogP contribution in [-0.4, -0.2) is 18.0 Å². The maximum absolute atomic E-state index is 13.7. The fourth-order valence-electron chi connectivity index (χ4n) is 2.21. The minimum absolute atomic E-state index is 0.0826. The van der Waals surface area contributed by atoms with Crippen molar-refractivity contribution < 1.29 is 9.18 Å². The van der Waals surface area contributed by atoms with Crippen LogP contribution in [0.5, 0.6) is 0 Å². The average Bonchev–Trinajstić information content (AvgIpc) is 2.35. The van der Waals surface area contributed by atoms with Gasteiger partial charge in [-0.1, -0.05) is 6.07 Å². The van der Waals surface area contributed by atoms with Gasteiger partial charge >= 0.3 is 0 Å². The lowest BCUT2D eigenvalue weighted by Gasteiger charge is -2.26. The van der Waals surface area contributed by atoms with Crippen LogP contribution in [0.3, 0.4) is 0 Å². The Morgan fingerprint density at radius 3 is 2.67 bits per heavy atom. The number of carbonyl (C=O) groups is 1. The van der Waals surface area contributed by atoms with E-state index in [0.717, 1.165) is 25.7 Å². The second-order valence-electron chi connectivity index (χ2n) is 4.69. The van der Waals surface area contributed by atoms with Crippen molar-refractivity contribution in [2.45, 2.75) is 37.8 Å². The van der Waals surface area contributed by atoms with Crippen LogP contribution in [0.4, 0.5) is 4.39 Å². The summed E-state index contributed by atoms with van der Waals surface area (Å²) in [7, 11) is 0. The first-order valence-corrected chi connectivity index (χ1v) is 6.87. The molecule has 0 bridgehead atoms. The van der Waals surface area contributed by atoms with Gasteiger partial charge in [0.15, 0.2) is 0 Å². The predicted molar refractivity (Wildman–Crippen MR) is 71.8 cm³/mol. The van der Waals surface area contributed by atoms with Gasteiger partial charge in [-0.2, -0.15) is 0 Å². The Labute approximate surface area is 114 Å². The molecule has 98 valence electrons. The second kappa shape index (κ2) is 5.80. The third-order valence-corrected chi connectivity index (χ3v) is 3.92. The van der Waals surface area contributed by atoms with Crippen LogP contribution in [0.25, 0.3) is 0 Å². The molecule has 1 aromatic carbocycles. The Morgan fingerprint density at radius 1 is 1.33 bits per heavy atom. The Balaban J connectivity index is 2.01. The Morgan fingerprint density at radius 2 is 2.00 bits per heavy atom. The summed E-state index contributed by atoms with van der Waals surface area (Å²) in [6.07, 6.45) is 3.54. The molecule has 0 spiro atoms. The summed E-state index contributed by atoms with van der Waals surface area (Å²) < 4.78 is 14.0. The van der Waals surface area contributed by atoms with E-state index < -0.39 is 5.82 Å². The summed E-state index contributed by atoms with van der Waals surface area (Å²) in [5, 5.41) is 2.87. The van der Waals surface area contributed by atoms with Crippen molar-refractivity contribution in [3.05, 3.63) is 34.1 Å². The molecule has 1 amide bonds. The molecule has 0 radical (unpaired) electrons. The van der Waals surface area contributed by atoms with Crippen LogP contribution in [0.2, 0.25) is 0 Å². The van der Waals surface area contributed by atoms with Crippen molar-refractivity contribution >= 4 is 21.8 Å². The van der Waals surface area contributed by atoms with E-state index in [1.165, 1.54) is 6.07 Å². The van der Waals surface area contributed by atoms with E-state index in [4.69, 9.17) is 5.73 Å². The highest BCUT2D eigenvalue weighted by atomic mass is 79.9. The third kappa shape index (κ3) is 3.09. The standard InChI is InChI=1S/C13H16BrFN2O/c14-11-3-1-2-10(12(11)15)13(18)17-9-6-4-8(16)5-7-9/h1-3,8-9H,4-7,16H2,(H,17,18). The van der Waals surface area contributed by atoms with Gasteiger partial charge in [0.1, 0.15) is 5.82 Å². The number of amides is 1. The summed E-state index contributed by atoms with van der Waals surface area (Å²) in [6.45, 7) is 0. The zero-order valence-corrected chi connectivity index (χ0v) is 11.5. The molecule has 0 saturated heterocycles. The van der Waals surface area contributed by atoms with Crippen molar-refractivity contribution in [2.75, 3.05) is 0 Å². The summed E-state index contributed by atoms with van der Waals surface area (Å²) >= 11 is 3.08. The average molecular weight is 315 g/mol. The lowest BCUT2D eigenvalue weighted by Crippen LogP contribution is -2.40. The normalized spacial score (nSPS) is 23.7. The number of nitrogens with two attached hydrogens (primary N) is 1. The number of nitrogens with one attached hydrogen (secondary N) is 1. The van der Waals surface area contributed by atoms with E-state index in [9.17, 15) is 9.18 Å². The van der Waals surface area contributed by atoms with Crippen LogP contribution >= 0.6 is 15.9 Å². The fourth-order valence-corrected chi connectivity index (χ4v) is 2.57. The Bertz CT molecular complexity index is 445. The number of hydrogen-bond acceptors (Lipinski definition) is 2. The molecular weight excluding hydrogens is 299 g/mol. The highest BCUT2D eigenvalue weighted by Gasteiger charge is 2.22. The zero-order valence-electron chi connectivity index (χ0n) is 9.96. The zero-order chi connectivity index (χ0) is 13.1. The maximum Gasteiger partial charge on any atom is 0.254 e. The van der Waals surface area contributed by atoms with Crippen LogP contribution in [-0.2, 0) is 0 Å². The third-order valence-electron chi connectivity index (χ3n) is 3.30. The minimum atomic E-state index is -0.512. The number of hydrogen-bond donors (Lipinski definition) is 2. The van der Waals surface area contributed by atoms with Crippen LogP contribution in [0.1, 0.15) is 36.0 Å². The van der Waals surface area contributed by atoms with Gasteiger partial charge in [0.2, 0.25) is 0 Å². The highest BCUT2D eigenvalue weighted by Crippen LogP contribution is 2.20. The molecule has 1 aliphatic carbocycles. The van der Waals surface area contributed by atoms with Crippen molar-refractivity contribution in [1.29, 1.82) is 0 Å². The van der Waals surface area contributed by atoms with E-state index in [2.05, 4.69) is 21.2 Å². The molecule has 0 aliphatic heterocycles. The summed E-state index contributed by atoms with van der Waals surface area (Å²) in [5.41, 5.74) is 5.89. The van der Waals surface area contributed by atoms with Crippen LogP contribution in [0.15, 0.2) is 22.7 Å². The second-order valence-corrected chi connectivity index (χ2v) is 5.54. The summed E-state index contributed by atoms with van der Waals surface area (Å²) in [5.74, 6) is -0.864. The quantitative estimate of drug-likeness (QED) is 0.881. The van der Waals surface area contributed by atoms with E-state index in [1.807, 2.05) is 0 Å². The van der Waals surface area contributed by atoms with E-state index >= 15 is 0 Å².